The van der Waals surface area contributed by atoms with Crippen molar-refractivity contribution in [2.75, 3.05) is 10.6 Å². The molecule has 0 spiro atoms. The Hall–Kier alpha value is -1.92. The first-order chi connectivity index (χ1) is 14.8. The number of benzene rings is 2. The minimum absolute atomic E-state index is 0. The molecule has 0 saturated heterocycles. The molecule has 2 unspecified atom stereocenters. The third-order valence-corrected chi connectivity index (χ3v) is 9.98. The first-order valence-electron chi connectivity index (χ1n) is 9.50. The molecule has 2 atom stereocenters. The van der Waals surface area contributed by atoms with Crippen molar-refractivity contribution in [1.82, 2.24) is 12.3 Å². The van der Waals surface area contributed by atoms with Crippen LogP contribution < -0.4 is 22.9 Å². The molecular weight excluding hydrogens is 525 g/mol. The van der Waals surface area contributed by atoms with Crippen LogP contribution >= 0.6 is 23.5 Å². The van der Waals surface area contributed by atoms with E-state index < -0.39 is 30.2 Å². The maximum atomic E-state index is 11.5. The van der Waals surface area contributed by atoms with E-state index in [0.717, 1.165) is 4.70 Å². The van der Waals surface area contributed by atoms with Crippen LogP contribution in [-0.4, -0.2) is 40.6 Å². The zero-order chi connectivity index (χ0) is 23.5. The van der Waals surface area contributed by atoms with Crippen LogP contribution in [0, 0.1) is 0 Å². The molecule has 34 heavy (non-hydrogen) atoms. The van der Waals surface area contributed by atoms with Gasteiger partial charge in [-0.1, -0.05) is 13.8 Å². The highest BCUT2D eigenvalue weighted by Gasteiger charge is 2.55. The molecule has 0 saturated carbocycles. The number of thioether (sulfide) groups is 2. The van der Waals surface area contributed by atoms with Crippen LogP contribution in [0.3, 0.4) is 0 Å². The number of rotatable bonds is 6. The van der Waals surface area contributed by atoms with E-state index in [4.69, 9.17) is 0 Å². The second-order valence-corrected chi connectivity index (χ2v) is 12.8. The Morgan fingerprint density at radius 1 is 0.824 bits per heavy atom. The van der Waals surface area contributed by atoms with Gasteiger partial charge in [-0.25, -0.2) is 0 Å². The molecule has 10 N–H and O–H groups in total. The van der Waals surface area contributed by atoms with E-state index in [1.54, 1.807) is 0 Å². The van der Waals surface area contributed by atoms with Crippen LogP contribution in [0.1, 0.15) is 26.7 Å². The fraction of sp³-hybridized carbons (Fsp3) is 0.333. The average Bonchev–Trinajstić information content (AvgIpc) is 3.30. The smallest absolute Gasteiger partial charge is 0.294 e. The number of fused-ring (bicyclic) bond motifs is 2. The highest BCUT2D eigenvalue weighted by molar-refractivity contribution is 8.02. The summed E-state index contributed by atoms with van der Waals surface area (Å²) in [5.41, 5.74) is 12.7. The number of hydrogen-bond donors (Lipinski definition) is 6. The lowest BCUT2D eigenvalue weighted by molar-refractivity contribution is -0.634. The Labute approximate surface area is 206 Å². The summed E-state index contributed by atoms with van der Waals surface area (Å²) in [7, 11) is -8.75. The Kier molecular flexibility index (Phi) is 7.72. The van der Waals surface area contributed by atoms with Crippen LogP contribution in [-0.2, 0) is 20.2 Å². The zero-order valence-electron chi connectivity index (χ0n) is 18.3. The molecule has 0 bridgehead atoms. The summed E-state index contributed by atoms with van der Waals surface area (Å²) < 4.78 is 65.9. The van der Waals surface area contributed by atoms with Gasteiger partial charge < -0.3 is 28.5 Å². The fourth-order valence-electron chi connectivity index (χ4n) is 3.64. The first kappa shape index (κ1) is 28.3. The van der Waals surface area contributed by atoms with Gasteiger partial charge in [-0.15, -0.1) is 0 Å². The Bertz CT molecular complexity index is 1250. The topological polar surface area (TPSA) is 228 Å². The second-order valence-electron chi connectivity index (χ2n) is 7.31. The van der Waals surface area contributed by atoms with Gasteiger partial charge in [0.25, 0.3) is 30.2 Å². The third-order valence-electron chi connectivity index (χ3n) is 5.36. The third kappa shape index (κ3) is 4.64. The average molecular weight is 551 g/mol. The van der Waals surface area contributed by atoms with Gasteiger partial charge >= 0.3 is 0 Å². The van der Waals surface area contributed by atoms with Crippen LogP contribution in [0.25, 0.3) is 5.53 Å². The normalized spacial score (nSPS) is 22.9. The minimum Gasteiger partial charge on any atom is -0.501 e. The van der Waals surface area contributed by atoms with Gasteiger partial charge in [-0.05, 0) is 59.9 Å². The summed E-state index contributed by atoms with van der Waals surface area (Å²) in [5.74, 6) is 0. The van der Waals surface area contributed by atoms with Crippen molar-refractivity contribution in [3.63, 3.8) is 0 Å². The van der Waals surface area contributed by atoms with Gasteiger partial charge in [0.1, 0.15) is 0 Å². The lowest BCUT2D eigenvalue weighted by Crippen LogP contribution is -2.54. The Morgan fingerprint density at radius 2 is 1.18 bits per heavy atom. The molecule has 4 rings (SSSR count). The quantitative estimate of drug-likeness (QED) is 0.167. The van der Waals surface area contributed by atoms with E-state index in [9.17, 15) is 31.5 Å². The molecule has 2 aliphatic heterocycles. The molecule has 0 aliphatic carbocycles. The Balaban J connectivity index is 0.00000204. The van der Waals surface area contributed by atoms with Gasteiger partial charge in [0.2, 0.25) is 0 Å². The fourth-order valence-corrected chi connectivity index (χ4v) is 7.52. The first-order valence-corrected chi connectivity index (χ1v) is 14.0. The van der Waals surface area contributed by atoms with Crippen LogP contribution in [0.4, 0.5) is 11.4 Å². The number of nitrogens with zero attached hydrogens (tertiary/aromatic N) is 2. The summed E-state index contributed by atoms with van der Waals surface area (Å²) in [5, 5.41) is 6.50. The highest BCUT2D eigenvalue weighted by Crippen LogP contribution is 2.55. The maximum absolute atomic E-state index is 11.5. The standard InChI is InChI=1S/C18H20N4O6S4.2H3N/c1-3-17(20-13-7-5-11(31(23,24)25)9-15(13)29-17)22(19)18(4-2)21-14-8-6-12(32(26,27)28)10-16(14)30-18;;/h5-10,20-21H,3-4H2,1-2H3,(H,23,24,25)(H,26,27,28);2*1H3. The molecule has 2 aliphatic rings. The molecule has 2 aromatic carbocycles. The van der Waals surface area contributed by atoms with Crippen molar-refractivity contribution >= 4 is 55.1 Å². The lowest BCUT2D eigenvalue weighted by atomic mass is 10.2. The predicted octanol–water partition coefficient (Wildman–Crippen LogP) is 4.40. The van der Waals surface area contributed by atoms with Crippen molar-refractivity contribution in [2.45, 2.75) is 56.3 Å². The van der Waals surface area contributed by atoms with Crippen molar-refractivity contribution in [1.29, 1.82) is 0 Å². The van der Waals surface area contributed by atoms with Crippen molar-refractivity contribution in [2.24, 2.45) is 0 Å². The van der Waals surface area contributed by atoms with E-state index in [2.05, 4.69) is 10.6 Å². The Morgan fingerprint density at radius 3 is 1.47 bits per heavy atom. The van der Waals surface area contributed by atoms with Gasteiger partial charge in [0.15, 0.2) is 0 Å². The summed E-state index contributed by atoms with van der Waals surface area (Å²) in [6.07, 6.45) is 0.807. The largest absolute Gasteiger partial charge is 0.501 e. The molecule has 0 amide bonds. The van der Waals surface area contributed by atoms with E-state index >= 15 is 0 Å². The predicted molar refractivity (Wildman–Crippen MR) is 131 cm³/mol. The minimum atomic E-state index is -4.38. The molecule has 0 fully saturated rings. The molecule has 188 valence electrons. The van der Waals surface area contributed by atoms with E-state index in [0.29, 0.717) is 34.0 Å². The van der Waals surface area contributed by atoms with Crippen molar-refractivity contribution in [3.8, 4) is 0 Å². The van der Waals surface area contributed by atoms with E-state index in [1.165, 1.54) is 59.9 Å². The van der Waals surface area contributed by atoms with Gasteiger partial charge in [0, 0.05) is 22.6 Å². The summed E-state index contributed by atoms with van der Waals surface area (Å²) in [6, 6.07) is 8.29. The molecule has 0 aromatic heterocycles. The molecule has 0 radical (unpaired) electrons. The molecule has 16 heteroatoms. The number of hydrogen-bond acceptors (Lipinski definition) is 10. The van der Waals surface area contributed by atoms with Gasteiger partial charge in [0.05, 0.1) is 21.2 Å². The lowest BCUT2D eigenvalue weighted by Gasteiger charge is -2.38. The monoisotopic (exact) mass is 550 g/mol. The summed E-state index contributed by atoms with van der Waals surface area (Å²) >= 11 is 2.42. The van der Waals surface area contributed by atoms with Gasteiger partial charge in [-0.3, -0.25) is 13.8 Å². The zero-order valence-corrected chi connectivity index (χ0v) is 21.6. The second kappa shape index (κ2) is 9.27. The molecule has 2 aromatic rings. The van der Waals surface area contributed by atoms with Gasteiger partial charge in [-0.2, -0.15) is 16.8 Å². The molecule has 12 nitrogen and oxygen atoms in total. The molecular formula is C18H26N6O6S4. The highest BCUT2D eigenvalue weighted by atomic mass is 32.2. The molecule has 2 heterocycles. The van der Waals surface area contributed by atoms with Crippen molar-refractivity contribution in [3.05, 3.63) is 41.9 Å². The maximum Gasteiger partial charge on any atom is 0.294 e. The van der Waals surface area contributed by atoms with Crippen LogP contribution in [0.15, 0.2) is 56.0 Å². The van der Waals surface area contributed by atoms with E-state index in [1.807, 2.05) is 13.8 Å². The number of anilines is 2. The SMILES string of the molecule is CCC1([N+](=[N-])C2(CC)Nc3ccc(S(=O)(=O)O)cc3S2)Nc2ccc(S(=O)(=O)O)cc2S1.N.N. The van der Waals surface area contributed by atoms with E-state index in [-0.39, 0.29) is 22.1 Å². The van der Waals surface area contributed by atoms with Crippen LogP contribution in [0.5, 0.6) is 0 Å². The summed E-state index contributed by atoms with van der Waals surface area (Å²) in [6.45, 7) is 3.71. The van der Waals surface area contributed by atoms with Crippen molar-refractivity contribution < 1.29 is 30.6 Å². The summed E-state index contributed by atoms with van der Waals surface area (Å²) in [4.78, 5) is -1.56. The van der Waals surface area contributed by atoms with Crippen LogP contribution in [0.2, 0.25) is 0 Å². The number of nitrogens with one attached hydrogen (secondary N) is 2.